The Bertz CT molecular complexity index is 1230. The summed E-state index contributed by atoms with van der Waals surface area (Å²) in [4.78, 5) is 12.2. The average Bonchev–Trinajstić information content (AvgIpc) is 3.27. The Morgan fingerprint density at radius 2 is 1.69 bits per heavy atom. The lowest BCUT2D eigenvalue weighted by Gasteiger charge is -2.07. The second-order valence-electron chi connectivity index (χ2n) is 6.95. The van der Waals surface area contributed by atoms with Crippen LogP contribution in [-0.2, 0) is 6.42 Å². The van der Waals surface area contributed by atoms with E-state index in [2.05, 4.69) is 27.6 Å². The van der Waals surface area contributed by atoms with Crippen LogP contribution in [0.1, 0.15) is 21.5 Å². The number of carbonyl (C=O) groups is 1. The number of aromatic nitrogens is 2. The minimum Gasteiger partial charge on any atom is -0.322 e. The summed E-state index contributed by atoms with van der Waals surface area (Å²) >= 11 is 0. The van der Waals surface area contributed by atoms with Gasteiger partial charge >= 0.3 is 0 Å². The summed E-state index contributed by atoms with van der Waals surface area (Å²) in [6.45, 7) is 0. The van der Waals surface area contributed by atoms with E-state index in [-0.39, 0.29) is 5.56 Å². The zero-order chi connectivity index (χ0) is 20.0. The Labute approximate surface area is 165 Å². The van der Waals surface area contributed by atoms with Gasteiger partial charge in [-0.25, -0.2) is 8.78 Å². The first-order valence-corrected chi connectivity index (χ1v) is 9.12. The van der Waals surface area contributed by atoms with Crippen molar-refractivity contribution in [2.24, 2.45) is 0 Å². The maximum absolute atomic E-state index is 13.3. The van der Waals surface area contributed by atoms with Crippen LogP contribution < -0.4 is 5.32 Å². The smallest absolute Gasteiger partial charge is 0.255 e. The molecule has 0 saturated heterocycles. The Kier molecular flexibility index (Phi) is 3.98. The summed E-state index contributed by atoms with van der Waals surface area (Å²) in [5.41, 5.74) is 6.88. The minimum atomic E-state index is -0.793. The average molecular weight is 387 g/mol. The first-order chi connectivity index (χ1) is 14.1. The second kappa shape index (κ2) is 6.67. The summed E-state index contributed by atoms with van der Waals surface area (Å²) in [6.07, 6.45) is 0.820. The van der Waals surface area contributed by atoms with Crippen LogP contribution in [0.2, 0.25) is 0 Å². The summed E-state index contributed by atoms with van der Waals surface area (Å²) in [7, 11) is 0. The molecule has 4 nitrogen and oxygen atoms in total. The van der Waals surface area contributed by atoms with Gasteiger partial charge in [-0.1, -0.05) is 36.4 Å². The molecule has 5 rings (SSSR count). The number of hydrogen-bond acceptors (Lipinski definition) is 2. The van der Waals surface area contributed by atoms with Crippen molar-refractivity contribution in [3.05, 3.63) is 95.1 Å². The number of fused-ring (bicyclic) bond motifs is 3. The number of anilines is 1. The number of halogens is 2. The Morgan fingerprint density at radius 1 is 0.966 bits per heavy atom. The van der Waals surface area contributed by atoms with E-state index in [1.807, 2.05) is 24.3 Å². The molecule has 0 saturated carbocycles. The van der Waals surface area contributed by atoms with Crippen molar-refractivity contribution >= 4 is 11.6 Å². The van der Waals surface area contributed by atoms with Crippen molar-refractivity contribution in [3.63, 3.8) is 0 Å². The summed E-state index contributed by atoms with van der Waals surface area (Å²) in [6, 6.07) is 18.2. The van der Waals surface area contributed by atoms with Gasteiger partial charge in [-0.2, -0.15) is 5.10 Å². The molecule has 6 heteroatoms. The molecule has 0 aliphatic heterocycles. The highest BCUT2D eigenvalue weighted by molar-refractivity contribution is 6.04. The molecular formula is C23H15F2N3O. The quantitative estimate of drug-likeness (QED) is 0.448. The fraction of sp³-hybridized carbons (Fsp3) is 0.0435. The molecule has 142 valence electrons. The zero-order valence-corrected chi connectivity index (χ0v) is 15.2. The van der Waals surface area contributed by atoms with Crippen LogP contribution in [0.4, 0.5) is 14.5 Å². The van der Waals surface area contributed by atoms with Gasteiger partial charge in [0.2, 0.25) is 0 Å². The first kappa shape index (κ1) is 17.3. The lowest BCUT2D eigenvalue weighted by molar-refractivity contribution is 0.102. The van der Waals surface area contributed by atoms with Gasteiger partial charge in [-0.15, -0.1) is 0 Å². The van der Waals surface area contributed by atoms with E-state index >= 15 is 0 Å². The summed E-state index contributed by atoms with van der Waals surface area (Å²) in [5, 5.41) is 10.2. The molecule has 0 unspecified atom stereocenters. The number of nitrogens with one attached hydrogen (secondary N) is 2. The van der Waals surface area contributed by atoms with Crippen LogP contribution in [0.15, 0.2) is 66.7 Å². The van der Waals surface area contributed by atoms with E-state index in [4.69, 9.17) is 0 Å². The third-order valence-corrected chi connectivity index (χ3v) is 5.06. The minimum absolute atomic E-state index is 0.0746. The van der Waals surface area contributed by atoms with Crippen LogP contribution >= 0.6 is 0 Å². The van der Waals surface area contributed by atoms with Gasteiger partial charge in [0.1, 0.15) is 11.6 Å². The van der Waals surface area contributed by atoms with Crippen LogP contribution in [-0.4, -0.2) is 16.1 Å². The number of H-pyrrole nitrogens is 1. The van der Waals surface area contributed by atoms with E-state index in [1.165, 1.54) is 11.1 Å². The van der Waals surface area contributed by atoms with Crippen LogP contribution in [0.25, 0.3) is 22.5 Å². The first-order valence-electron chi connectivity index (χ1n) is 9.12. The largest absolute Gasteiger partial charge is 0.322 e. The number of carbonyl (C=O) groups excluding carboxylic acids is 1. The molecule has 0 fully saturated rings. The van der Waals surface area contributed by atoms with Gasteiger partial charge in [0.15, 0.2) is 0 Å². The van der Waals surface area contributed by atoms with Crippen molar-refractivity contribution < 1.29 is 13.6 Å². The predicted molar refractivity (Wildman–Crippen MR) is 107 cm³/mol. The highest BCUT2D eigenvalue weighted by Crippen LogP contribution is 2.39. The van der Waals surface area contributed by atoms with Crippen molar-refractivity contribution in [2.75, 3.05) is 5.32 Å². The molecule has 0 radical (unpaired) electrons. The van der Waals surface area contributed by atoms with Gasteiger partial charge in [0.05, 0.1) is 11.4 Å². The highest BCUT2D eigenvalue weighted by atomic mass is 19.1. The van der Waals surface area contributed by atoms with E-state index < -0.39 is 17.5 Å². The van der Waals surface area contributed by atoms with Crippen molar-refractivity contribution in [2.45, 2.75) is 6.42 Å². The number of benzene rings is 3. The van der Waals surface area contributed by atoms with Gasteiger partial charge in [-0.3, -0.25) is 9.89 Å². The Hall–Kier alpha value is -3.80. The van der Waals surface area contributed by atoms with E-state index in [0.717, 1.165) is 47.1 Å². The molecule has 2 N–H and O–H groups in total. The van der Waals surface area contributed by atoms with Crippen molar-refractivity contribution in [1.82, 2.24) is 10.2 Å². The molecular weight excluding hydrogens is 372 g/mol. The molecule has 1 aromatic heterocycles. The summed E-state index contributed by atoms with van der Waals surface area (Å²) < 4.78 is 26.6. The standard InChI is InChI=1S/C23H15F2N3O/c24-16-9-15(10-17(25)12-16)23(29)26-18-7-5-13(6-8-18)21-20-11-14-3-1-2-4-19(14)22(20)28-27-21/h1-10,12H,11H2,(H,26,29)(H,27,28). The molecule has 29 heavy (non-hydrogen) atoms. The molecule has 0 bridgehead atoms. The molecule has 3 aromatic carbocycles. The zero-order valence-electron chi connectivity index (χ0n) is 15.2. The second-order valence-corrected chi connectivity index (χ2v) is 6.95. The van der Waals surface area contributed by atoms with E-state index in [9.17, 15) is 13.6 Å². The Balaban J connectivity index is 1.38. The maximum Gasteiger partial charge on any atom is 0.255 e. The highest BCUT2D eigenvalue weighted by Gasteiger charge is 2.24. The fourth-order valence-corrected chi connectivity index (χ4v) is 3.71. The van der Waals surface area contributed by atoms with Crippen LogP contribution in [0.5, 0.6) is 0 Å². The molecule has 4 aromatic rings. The molecule has 1 aliphatic carbocycles. The van der Waals surface area contributed by atoms with E-state index in [1.54, 1.807) is 12.1 Å². The van der Waals surface area contributed by atoms with Crippen molar-refractivity contribution in [3.8, 4) is 22.5 Å². The van der Waals surface area contributed by atoms with Gasteiger partial charge in [0.25, 0.3) is 5.91 Å². The SMILES string of the molecule is O=C(Nc1ccc(-c2n[nH]c3c2Cc2ccccc2-3)cc1)c1cc(F)cc(F)c1. The maximum atomic E-state index is 13.3. The number of rotatable bonds is 3. The molecule has 0 spiro atoms. The summed E-state index contributed by atoms with van der Waals surface area (Å²) in [5.74, 6) is -2.16. The third-order valence-electron chi connectivity index (χ3n) is 5.06. The van der Waals surface area contributed by atoms with Crippen LogP contribution in [0.3, 0.4) is 0 Å². The molecule has 0 atom stereocenters. The third kappa shape index (κ3) is 3.08. The van der Waals surface area contributed by atoms with Crippen molar-refractivity contribution in [1.29, 1.82) is 0 Å². The number of aromatic amines is 1. The number of hydrogen-bond donors (Lipinski definition) is 2. The van der Waals surface area contributed by atoms with Gasteiger partial charge in [0, 0.05) is 40.4 Å². The topological polar surface area (TPSA) is 57.8 Å². The van der Waals surface area contributed by atoms with E-state index in [0.29, 0.717) is 5.69 Å². The normalized spacial score (nSPS) is 11.8. The lowest BCUT2D eigenvalue weighted by Crippen LogP contribution is -2.12. The predicted octanol–water partition coefficient (Wildman–Crippen LogP) is 5.18. The van der Waals surface area contributed by atoms with Gasteiger partial charge < -0.3 is 5.32 Å². The molecule has 1 heterocycles. The molecule has 1 amide bonds. The van der Waals surface area contributed by atoms with Gasteiger partial charge in [-0.05, 0) is 29.8 Å². The Morgan fingerprint density at radius 3 is 2.45 bits per heavy atom. The fourth-order valence-electron chi connectivity index (χ4n) is 3.71. The number of nitrogens with zero attached hydrogens (tertiary/aromatic N) is 1. The number of amides is 1. The van der Waals surface area contributed by atoms with Crippen LogP contribution in [0, 0.1) is 11.6 Å². The molecule has 1 aliphatic rings. The monoisotopic (exact) mass is 387 g/mol. The lowest BCUT2D eigenvalue weighted by atomic mass is 10.1.